The zero-order valence-electron chi connectivity index (χ0n) is 6.62. The first-order valence-electron chi connectivity index (χ1n) is 4.36. The van der Waals surface area contributed by atoms with E-state index in [9.17, 15) is 0 Å². The Bertz CT molecular complexity index is 179. The molecule has 0 spiro atoms. The Morgan fingerprint density at radius 2 is 2.09 bits per heavy atom. The molecular formula is C8H14N2O. The van der Waals surface area contributed by atoms with E-state index < -0.39 is 0 Å². The highest BCUT2D eigenvalue weighted by molar-refractivity contribution is 5.73. The van der Waals surface area contributed by atoms with E-state index in [-0.39, 0.29) is 0 Å². The molecule has 3 nitrogen and oxygen atoms in total. The van der Waals surface area contributed by atoms with Crippen molar-refractivity contribution < 1.29 is 4.74 Å². The minimum Gasteiger partial charge on any atom is -0.460 e. The molecule has 1 fully saturated rings. The molecule has 0 aromatic heterocycles. The number of nitrogens with two attached hydrogens (primary N) is 1. The van der Waals surface area contributed by atoms with E-state index in [1.165, 1.54) is 19.3 Å². The van der Waals surface area contributed by atoms with E-state index in [1.54, 1.807) is 0 Å². The molecule has 0 radical (unpaired) electrons. The summed E-state index contributed by atoms with van der Waals surface area (Å²) in [5.74, 6) is 0. The standard InChI is InChI=1S/C8H14N2O/c9-8-10-6-4-2-1-3-5-7(6)11-8/h6-7H,1-5H2,(H2,9,10). The molecule has 0 amide bonds. The van der Waals surface area contributed by atoms with Gasteiger partial charge in [-0.2, -0.15) is 0 Å². The van der Waals surface area contributed by atoms with Crippen LogP contribution >= 0.6 is 0 Å². The number of rotatable bonds is 0. The number of fused-ring (bicyclic) bond motifs is 1. The van der Waals surface area contributed by atoms with Crippen LogP contribution in [0.3, 0.4) is 0 Å². The van der Waals surface area contributed by atoms with Crippen molar-refractivity contribution in [3.8, 4) is 0 Å². The van der Waals surface area contributed by atoms with E-state index in [0.29, 0.717) is 18.2 Å². The lowest BCUT2D eigenvalue weighted by molar-refractivity contribution is 0.181. The van der Waals surface area contributed by atoms with Gasteiger partial charge in [0, 0.05) is 0 Å². The summed E-state index contributed by atoms with van der Waals surface area (Å²) in [6, 6.07) is 0.777. The molecular weight excluding hydrogens is 140 g/mol. The van der Waals surface area contributed by atoms with Gasteiger partial charge in [-0.3, -0.25) is 0 Å². The summed E-state index contributed by atoms with van der Waals surface area (Å²) < 4.78 is 5.37. The van der Waals surface area contributed by atoms with Crippen LogP contribution in [-0.4, -0.2) is 18.2 Å². The fraction of sp³-hybridized carbons (Fsp3) is 0.875. The van der Waals surface area contributed by atoms with Gasteiger partial charge in [-0.25, -0.2) is 4.99 Å². The fourth-order valence-electron chi connectivity index (χ4n) is 1.89. The summed E-state index contributed by atoms with van der Waals surface area (Å²) in [6.45, 7) is 0. The predicted molar refractivity (Wildman–Crippen MR) is 43.4 cm³/mol. The largest absolute Gasteiger partial charge is 0.460 e. The Hall–Kier alpha value is -0.730. The van der Waals surface area contributed by atoms with E-state index in [2.05, 4.69) is 4.99 Å². The molecule has 0 aromatic carbocycles. The molecule has 11 heavy (non-hydrogen) atoms. The van der Waals surface area contributed by atoms with Crippen molar-refractivity contribution in [1.29, 1.82) is 0 Å². The minimum absolute atomic E-state index is 0.303. The molecule has 1 aliphatic carbocycles. The first-order valence-corrected chi connectivity index (χ1v) is 4.36. The SMILES string of the molecule is NC1=NC2CCCCCC2O1. The van der Waals surface area contributed by atoms with Gasteiger partial charge in [-0.15, -0.1) is 0 Å². The number of aliphatic imine (C=N–C) groups is 1. The van der Waals surface area contributed by atoms with Crippen LogP contribution in [0.4, 0.5) is 0 Å². The maximum absolute atomic E-state index is 5.47. The van der Waals surface area contributed by atoms with Gasteiger partial charge in [0.15, 0.2) is 0 Å². The summed E-state index contributed by atoms with van der Waals surface area (Å²) in [5, 5.41) is 0. The first-order chi connectivity index (χ1) is 5.36. The van der Waals surface area contributed by atoms with Crippen molar-refractivity contribution in [3.63, 3.8) is 0 Å². The maximum Gasteiger partial charge on any atom is 0.282 e. The summed E-state index contributed by atoms with van der Waals surface area (Å²) >= 11 is 0. The van der Waals surface area contributed by atoms with Crippen LogP contribution in [0.2, 0.25) is 0 Å². The quantitative estimate of drug-likeness (QED) is 0.566. The van der Waals surface area contributed by atoms with E-state index in [1.807, 2.05) is 0 Å². The second-order valence-electron chi connectivity index (χ2n) is 3.33. The van der Waals surface area contributed by atoms with Crippen molar-refractivity contribution in [2.45, 2.75) is 44.2 Å². The van der Waals surface area contributed by atoms with Gasteiger partial charge >= 0.3 is 0 Å². The highest BCUT2D eigenvalue weighted by Gasteiger charge is 2.30. The van der Waals surface area contributed by atoms with Crippen LogP contribution in [0.25, 0.3) is 0 Å². The molecule has 1 aliphatic heterocycles. The van der Waals surface area contributed by atoms with Gasteiger partial charge in [-0.1, -0.05) is 12.8 Å². The predicted octanol–water partition coefficient (Wildman–Crippen LogP) is 1.03. The molecule has 62 valence electrons. The molecule has 0 bridgehead atoms. The van der Waals surface area contributed by atoms with Crippen molar-refractivity contribution >= 4 is 6.02 Å². The lowest BCUT2D eigenvalue weighted by Crippen LogP contribution is -2.22. The third-order valence-corrected chi connectivity index (χ3v) is 2.48. The zero-order chi connectivity index (χ0) is 7.68. The molecule has 1 saturated carbocycles. The lowest BCUT2D eigenvalue weighted by atomic mass is 10.1. The first kappa shape index (κ1) is 6.95. The third kappa shape index (κ3) is 1.32. The minimum atomic E-state index is 0.303. The second-order valence-corrected chi connectivity index (χ2v) is 3.33. The average molecular weight is 154 g/mol. The molecule has 3 heteroatoms. The Morgan fingerprint density at radius 1 is 1.27 bits per heavy atom. The van der Waals surface area contributed by atoms with Crippen LogP contribution in [-0.2, 0) is 4.74 Å². The van der Waals surface area contributed by atoms with Gasteiger partial charge in [0.2, 0.25) is 0 Å². The Balaban J connectivity index is 2.04. The van der Waals surface area contributed by atoms with Crippen LogP contribution in [0, 0.1) is 0 Å². The normalized spacial score (nSPS) is 36.9. The van der Waals surface area contributed by atoms with Gasteiger partial charge < -0.3 is 10.5 Å². The Morgan fingerprint density at radius 3 is 3.00 bits per heavy atom. The molecule has 2 unspecified atom stereocenters. The van der Waals surface area contributed by atoms with Gasteiger partial charge in [0.25, 0.3) is 6.02 Å². The van der Waals surface area contributed by atoms with Crippen molar-refractivity contribution in [2.75, 3.05) is 0 Å². The van der Waals surface area contributed by atoms with Crippen LogP contribution < -0.4 is 5.73 Å². The van der Waals surface area contributed by atoms with Crippen molar-refractivity contribution in [2.24, 2.45) is 10.7 Å². The third-order valence-electron chi connectivity index (χ3n) is 2.48. The molecule has 2 rings (SSSR count). The molecule has 2 N–H and O–H groups in total. The average Bonchev–Trinajstić information content (AvgIpc) is 2.17. The highest BCUT2D eigenvalue weighted by atomic mass is 16.5. The summed E-state index contributed by atoms with van der Waals surface area (Å²) in [7, 11) is 0. The number of ether oxygens (including phenoxy) is 1. The Labute approximate surface area is 66.6 Å². The molecule has 0 aromatic rings. The molecule has 1 heterocycles. The van der Waals surface area contributed by atoms with Gasteiger partial charge in [0.05, 0.1) is 6.04 Å². The smallest absolute Gasteiger partial charge is 0.282 e. The van der Waals surface area contributed by atoms with E-state index in [0.717, 1.165) is 12.8 Å². The molecule has 0 saturated heterocycles. The van der Waals surface area contributed by atoms with E-state index in [4.69, 9.17) is 10.5 Å². The van der Waals surface area contributed by atoms with Crippen LogP contribution in [0.5, 0.6) is 0 Å². The monoisotopic (exact) mass is 154 g/mol. The fourth-order valence-corrected chi connectivity index (χ4v) is 1.89. The second kappa shape index (κ2) is 2.72. The maximum atomic E-state index is 5.47. The Kier molecular flexibility index (Phi) is 1.72. The van der Waals surface area contributed by atoms with E-state index >= 15 is 0 Å². The highest BCUT2D eigenvalue weighted by Crippen LogP contribution is 2.26. The molecule has 2 aliphatic rings. The van der Waals surface area contributed by atoms with Gasteiger partial charge in [-0.05, 0) is 19.3 Å². The van der Waals surface area contributed by atoms with Crippen LogP contribution in [0.15, 0.2) is 4.99 Å². The van der Waals surface area contributed by atoms with Crippen molar-refractivity contribution in [3.05, 3.63) is 0 Å². The van der Waals surface area contributed by atoms with Gasteiger partial charge in [0.1, 0.15) is 6.10 Å². The number of nitrogens with zero attached hydrogens (tertiary/aromatic N) is 1. The number of hydrogen-bond donors (Lipinski definition) is 1. The van der Waals surface area contributed by atoms with Crippen LogP contribution in [0.1, 0.15) is 32.1 Å². The van der Waals surface area contributed by atoms with Crippen molar-refractivity contribution in [1.82, 2.24) is 0 Å². The summed E-state index contributed by atoms with van der Waals surface area (Å²) in [5.41, 5.74) is 5.47. The number of amidine groups is 1. The number of hydrogen-bond acceptors (Lipinski definition) is 3. The summed E-state index contributed by atoms with van der Waals surface area (Å²) in [6.07, 6.45) is 6.47. The zero-order valence-corrected chi connectivity index (χ0v) is 6.62. The lowest BCUT2D eigenvalue weighted by Gasteiger charge is -2.12. The topological polar surface area (TPSA) is 47.6 Å². The molecule has 2 atom stereocenters. The summed E-state index contributed by atoms with van der Waals surface area (Å²) in [4.78, 5) is 4.24.